The third-order valence-electron chi connectivity index (χ3n) is 6.94. The van der Waals surface area contributed by atoms with Crippen molar-refractivity contribution in [3.05, 3.63) is 59.3 Å². The van der Waals surface area contributed by atoms with Gasteiger partial charge in [-0.25, -0.2) is 14.4 Å². The number of aliphatic hydroxyl groups excluding tert-OH is 1. The van der Waals surface area contributed by atoms with Gasteiger partial charge in [-0.1, -0.05) is 0 Å². The number of hydrogen-bond acceptors (Lipinski definition) is 7. The van der Waals surface area contributed by atoms with Crippen LogP contribution in [0.1, 0.15) is 29.3 Å². The molecule has 10 heteroatoms. The van der Waals surface area contributed by atoms with E-state index in [1.807, 2.05) is 19.1 Å². The summed E-state index contributed by atoms with van der Waals surface area (Å²) in [6.07, 6.45) is 3.71. The molecule has 9 nitrogen and oxygen atoms in total. The van der Waals surface area contributed by atoms with Crippen LogP contribution in [-0.2, 0) is 17.8 Å². The van der Waals surface area contributed by atoms with E-state index >= 15 is 4.39 Å². The van der Waals surface area contributed by atoms with Crippen LogP contribution in [0.2, 0.25) is 0 Å². The van der Waals surface area contributed by atoms with Gasteiger partial charge in [0, 0.05) is 72.7 Å². The van der Waals surface area contributed by atoms with Crippen molar-refractivity contribution in [1.82, 2.24) is 24.6 Å². The number of ether oxygens (including phenoxy) is 1. The zero-order valence-electron chi connectivity index (χ0n) is 20.0. The number of aliphatic hydroxyl groups is 1. The molecule has 0 fully saturated rings. The first-order valence-electron chi connectivity index (χ1n) is 11.8. The summed E-state index contributed by atoms with van der Waals surface area (Å²) in [4.78, 5) is 22.6. The quantitative estimate of drug-likeness (QED) is 0.455. The maximum absolute atomic E-state index is 15.2. The van der Waals surface area contributed by atoms with Gasteiger partial charge in [0.1, 0.15) is 18.2 Å². The third kappa shape index (κ3) is 3.83. The molecular weight excluding hydrogens is 463 g/mol. The van der Waals surface area contributed by atoms with E-state index in [1.165, 1.54) is 6.07 Å². The lowest BCUT2D eigenvalue weighted by Crippen LogP contribution is -2.29. The molecule has 0 bridgehead atoms. The average Bonchev–Trinajstić information content (AvgIpc) is 3.17. The largest absolute Gasteiger partial charge is 0.477 e. The highest BCUT2D eigenvalue weighted by Gasteiger charge is 2.25. The SMILES string of the molecule is Cc1c(-c2cc3cc(Nc4cc5n(n4)CC(=O)N(C)CC5)ncc3cc2F)cnc2c1[C@@H](O)CCO2. The van der Waals surface area contributed by atoms with Crippen molar-refractivity contribution in [3.8, 4) is 17.0 Å². The number of amides is 1. The Labute approximate surface area is 206 Å². The van der Waals surface area contributed by atoms with Gasteiger partial charge in [-0.2, -0.15) is 5.10 Å². The number of nitrogens with one attached hydrogen (secondary N) is 1. The number of carbonyl (C=O) groups is 1. The first-order chi connectivity index (χ1) is 17.4. The Morgan fingerprint density at radius 3 is 2.83 bits per heavy atom. The molecule has 0 radical (unpaired) electrons. The van der Waals surface area contributed by atoms with Crippen LogP contribution in [-0.4, -0.2) is 55.9 Å². The molecule has 0 unspecified atom stereocenters. The van der Waals surface area contributed by atoms with Crippen molar-refractivity contribution in [2.45, 2.75) is 32.4 Å². The smallest absolute Gasteiger partial charge is 0.244 e. The molecule has 0 spiro atoms. The van der Waals surface area contributed by atoms with Crippen molar-refractivity contribution in [3.63, 3.8) is 0 Å². The molecular formula is C26H25FN6O3. The number of fused-ring (bicyclic) bond motifs is 3. The van der Waals surface area contributed by atoms with E-state index in [0.29, 0.717) is 59.2 Å². The fourth-order valence-electron chi connectivity index (χ4n) is 4.87. The molecule has 4 aromatic rings. The lowest BCUT2D eigenvalue weighted by atomic mass is 9.93. The molecule has 2 aliphatic rings. The summed E-state index contributed by atoms with van der Waals surface area (Å²) in [6.45, 7) is 3.10. The van der Waals surface area contributed by atoms with E-state index in [9.17, 15) is 9.90 Å². The molecule has 2 N–H and O–H groups in total. The monoisotopic (exact) mass is 488 g/mol. The minimum Gasteiger partial charge on any atom is -0.477 e. The van der Waals surface area contributed by atoms with Gasteiger partial charge >= 0.3 is 0 Å². The molecule has 5 heterocycles. The maximum atomic E-state index is 15.2. The highest BCUT2D eigenvalue weighted by atomic mass is 19.1. The third-order valence-corrected chi connectivity index (χ3v) is 6.94. The summed E-state index contributed by atoms with van der Waals surface area (Å²) in [7, 11) is 1.79. The minimum absolute atomic E-state index is 0.0211. The van der Waals surface area contributed by atoms with Gasteiger partial charge in [0.25, 0.3) is 0 Å². The summed E-state index contributed by atoms with van der Waals surface area (Å²) in [5, 5.41) is 19.7. The standard InChI is InChI=1S/C26H25FN6O3/c1-14-19(12-29-26-25(14)21(34)4-6-36-26)18-7-15-9-22(28-11-16(15)8-20(18)27)30-23-10-17-3-5-32(2)24(35)13-33(17)31-23/h7-12,21,34H,3-6,13H2,1-2H3,(H,28,30,31)/t21-/m0/s1. The molecule has 0 aliphatic carbocycles. The van der Waals surface area contributed by atoms with Gasteiger partial charge in [0.05, 0.1) is 12.7 Å². The number of likely N-dealkylation sites (N-methyl/N-ethyl adjacent to an activating group) is 1. The van der Waals surface area contributed by atoms with E-state index in [1.54, 1.807) is 35.1 Å². The van der Waals surface area contributed by atoms with Crippen LogP contribution >= 0.6 is 0 Å². The molecule has 2 aliphatic heterocycles. The predicted molar refractivity (Wildman–Crippen MR) is 132 cm³/mol. The fourth-order valence-corrected chi connectivity index (χ4v) is 4.87. The van der Waals surface area contributed by atoms with Crippen LogP contribution in [0.25, 0.3) is 21.9 Å². The van der Waals surface area contributed by atoms with E-state index in [-0.39, 0.29) is 12.5 Å². The molecule has 1 atom stereocenters. The second-order valence-corrected chi connectivity index (χ2v) is 9.29. The molecule has 1 aromatic carbocycles. The number of aromatic nitrogens is 4. The number of anilines is 2. The van der Waals surface area contributed by atoms with E-state index < -0.39 is 11.9 Å². The Bertz CT molecular complexity index is 1520. The lowest BCUT2D eigenvalue weighted by molar-refractivity contribution is -0.130. The highest BCUT2D eigenvalue weighted by molar-refractivity contribution is 5.89. The summed E-state index contributed by atoms with van der Waals surface area (Å²) >= 11 is 0. The summed E-state index contributed by atoms with van der Waals surface area (Å²) < 4.78 is 22.5. The molecule has 36 heavy (non-hydrogen) atoms. The lowest BCUT2D eigenvalue weighted by Gasteiger charge is -2.24. The zero-order valence-corrected chi connectivity index (χ0v) is 20.0. The van der Waals surface area contributed by atoms with Crippen molar-refractivity contribution >= 4 is 28.3 Å². The molecule has 0 saturated heterocycles. The van der Waals surface area contributed by atoms with Crippen LogP contribution in [0.5, 0.6) is 5.88 Å². The number of rotatable bonds is 3. The number of pyridine rings is 2. The van der Waals surface area contributed by atoms with Gasteiger partial charge in [0.2, 0.25) is 11.8 Å². The van der Waals surface area contributed by atoms with Crippen molar-refractivity contribution in [2.75, 3.05) is 25.5 Å². The second kappa shape index (κ2) is 8.56. The van der Waals surface area contributed by atoms with E-state index in [4.69, 9.17) is 4.74 Å². The Kier molecular flexibility index (Phi) is 5.33. The highest BCUT2D eigenvalue weighted by Crippen LogP contribution is 2.39. The Balaban J connectivity index is 1.34. The summed E-state index contributed by atoms with van der Waals surface area (Å²) in [6, 6.07) is 6.97. The van der Waals surface area contributed by atoms with Crippen molar-refractivity contribution in [1.29, 1.82) is 0 Å². The van der Waals surface area contributed by atoms with Gasteiger partial charge in [-0.05, 0) is 36.1 Å². The Hall–Kier alpha value is -4.05. The second-order valence-electron chi connectivity index (χ2n) is 9.29. The predicted octanol–water partition coefficient (Wildman–Crippen LogP) is 3.51. The van der Waals surface area contributed by atoms with Crippen LogP contribution < -0.4 is 10.1 Å². The Morgan fingerprint density at radius 1 is 1.11 bits per heavy atom. The first kappa shape index (κ1) is 22.4. The Morgan fingerprint density at radius 2 is 1.97 bits per heavy atom. The van der Waals surface area contributed by atoms with Gasteiger partial charge in [-0.3, -0.25) is 9.48 Å². The fraction of sp³-hybridized carbons (Fsp3) is 0.308. The minimum atomic E-state index is -0.689. The maximum Gasteiger partial charge on any atom is 0.244 e. The zero-order chi connectivity index (χ0) is 25.0. The molecule has 6 rings (SSSR count). The van der Waals surface area contributed by atoms with Crippen molar-refractivity contribution in [2.24, 2.45) is 0 Å². The molecule has 3 aromatic heterocycles. The average molecular weight is 489 g/mol. The van der Waals surface area contributed by atoms with E-state index in [2.05, 4.69) is 20.4 Å². The number of benzene rings is 1. The van der Waals surface area contributed by atoms with Crippen LogP contribution in [0.4, 0.5) is 16.0 Å². The van der Waals surface area contributed by atoms with Crippen LogP contribution in [0.3, 0.4) is 0 Å². The van der Waals surface area contributed by atoms with Gasteiger partial charge in [-0.15, -0.1) is 0 Å². The number of carbonyl (C=O) groups excluding carboxylic acids is 1. The van der Waals surface area contributed by atoms with Crippen molar-refractivity contribution < 1.29 is 19.0 Å². The van der Waals surface area contributed by atoms with Gasteiger partial charge in [0.15, 0.2) is 5.82 Å². The number of nitrogens with zero attached hydrogens (tertiary/aromatic N) is 5. The normalized spacial score (nSPS) is 17.4. The number of hydrogen-bond donors (Lipinski definition) is 2. The molecule has 1 amide bonds. The van der Waals surface area contributed by atoms with Crippen LogP contribution in [0.15, 0.2) is 36.7 Å². The number of halogens is 1. The molecule has 184 valence electrons. The van der Waals surface area contributed by atoms with Gasteiger partial charge < -0.3 is 20.1 Å². The summed E-state index contributed by atoms with van der Waals surface area (Å²) in [5.41, 5.74) is 3.33. The topological polar surface area (TPSA) is 105 Å². The van der Waals surface area contributed by atoms with Crippen LogP contribution in [0, 0.1) is 12.7 Å². The molecule has 0 saturated carbocycles. The van der Waals surface area contributed by atoms with E-state index in [0.717, 1.165) is 23.1 Å². The summed E-state index contributed by atoms with van der Waals surface area (Å²) in [5.74, 6) is 1.18. The first-order valence-corrected chi connectivity index (χ1v) is 11.8.